The van der Waals surface area contributed by atoms with E-state index in [1.54, 1.807) is 6.21 Å². The average molecular weight is 199 g/mol. The third-order valence-corrected chi connectivity index (χ3v) is 2.86. The molecule has 1 aliphatic carbocycles. The molecule has 0 bridgehead atoms. The molecule has 0 spiro atoms. The fourth-order valence-electron chi connectivity index (χ4n) is 1.96. The normalized spacial score (nSPS) is 19.9. The van der Waals surface area contributed by atoms with Crippen molar-refractivity contribution >= 4 is 6.21 Å². The standard InChI is InChI=1S/C11H21NO2/c13-10-6-2-5-9-12(14)11-7-3-1-4-8-11/h9,11,13H,1-8,10H2/b12-9-. The quantitative estimate of drug-likeness (QED) is 0.242. The predicted molar refractivity (Wildman–Crippen MR) is 57.5 cm³/mol. The number of hydrogen-bond acceptors (Lipinski definition) is 2. The van der Waals surface area contributed by atoms with Gasteiger partial charge in [0.05, 0.1) is 0 Å². The molecule has 0 aromatic rings. The lowest BCUT2D eigenvalue weighted by Gasteiger charge is -2.20. The monoisotopic (exact) mass is 199 g/mol. The lowest BCUT2D eigenvalue weighted by molar-refractivity contribution is -0.502. The van der Waals surface area contributed by atoms with Crippen molar-refractivity contribution in [1.29, 1.82) is 0 Å². The van der Waals surface area contributed by atoms with Gasteiger partial charge in [0.25, 0.3) is 0 Å². The topological polar surface area (TPSA) is 46.3 Å². The highest BCUT2D eigenvalue weighted by molar-refractivity contribution is 5.51. The van der Waals surface area contributed by atoms with Gasteiger partial charge < -0.3 is 10.3 Å². The van der Waals surface area contributed by atoms with E-state index in [4.69, 9.17) is 5.11 Å². The van der Waals surface area contributed by atoms with Crippen molar-refractivity contribution < 1.29 is 9.85 Å². The Kier molecular flexibility index (Phi) is 5.60. The largest absolute Gasteiger partial charge is 0.624 e. The molecule has 3 heteroatoms. The SMILES string of the molecule is [O-]/[N+](=C\CCCCO)C1CCCCC1. The zero-order chi connectivity index (χ0) is 10.2. The zero-order valence-corrected chi connectivity index (χ0v) is 8.82. The highest BCUT2D eigenvalue weighted by atomic mass is 16.5. The number of aliphatic hydroxyl groups is 1. The molecule has 0 saturated heterocycles. The van der Waals surface area contributed by atoms with E-state index in [9.17, 15) is 5.21 Å². The van der Waals surface area contributed by atoms with Crippen molar-refractivity contribution in [3.8, 4) is 0 Å². The lowest BCUT2D eigenvalue weighted by atomic mass is 9.96. The predicted octanol–water partition coefficient (Wildman–Crippen LogP) is 2.06. The molecule has 0 aliphatic heterocycles. The first-order valence-electron chi connectivity index (χ1n) is 5.74. The molecule has 0 amide bonds. The molecule has 0 radical (unpaired) electrons. The Bertz CT molecular complexity index is 174. The molecule has 0 unspecified atom stereocenters. The maximum absolute atomic E-state index is 11.6. The fourth-order valence-corrected chi connectivity index (χ4v) is 1.96. The summed E-state index contributed by atoms with van der Waals surface area (Å²) in [6.07, 6.45) is 10.1. The summed E-state index contributed by atoms with van der Waals surface area (Å²) in [7, 11) is 0. The van der Waals surface area contributed by atoms with E-state index in [1.165, 1.54) is 19.3 Å². The molecule has 0 aromatic heterocycles. The molecule has 3 nitrogen and oxygen atoms in total. The molecule has 0 aromatic carbocycles. The first-order valence-corrected chi connectivity index (χ1v) is 5.74. The Morgan fingerprint density at radius 1 is 1.21 bits per heavy atom. The molecule has 0 heterocycles. The minimum atomic E-state index is 0.232. The summed E-state index contributed by atoms with van der Waals surface area (Å²) < 4.78 is 1.15. The van der Waals surface area contributed by atoms with Crippen LogP contribution in [-0.2, 0) is 0 Å². The van der Waals surface area contributed by atoms with Crippen LogP contribution in [-0.4, -0.2) is 28.7 Å². The second-order valence-electron chi connectivity index (χ2n) is 4.05. The van der Waals surface area contributed by atoms with Gasteiger partial charge >= 0.3 is 0 Å². The van der Waals surface area contributed by atoms with Crippen LogP contribution in [0.4, 0.5) is 0 Å². The minimum absolute atomic E-state index is 0.232. The van der Waals surface area contributed by atoms with Crippen molar-refractivity contribution in [2.75, 3.05) is 6.61 Å². The van der Waals surface area contributed by atoms with Crippen LogP contribution in [0.1, 0.15) is 51.4 Å². The first-order chi connectivity index (χ1) is 6.84. The van der Waals surface area contributed by atoms with Crippen molar-refractivity contribution in [3.05, 3.63) is 5.21 Å². The van der Waals surface area contributed by atoms with E-state index < -0.39 is 0 Å². The van der Waals surface area contributed by atoms with Gasteiger partial charge in [-0.25, -0.2) is 4.74 Å². The number of nitrogens with zero attached hydrogens (tertiary/aromatic N) is 1. The number of hydroxylamine groups is 1. The van der Waals surface area contributed by atoms with Gasteiger partial charge in [-0.1, -0.05) is 6.42 Å². The number of aliphatic hydroxyl groups excluding tert-OH is 1. The van der Waals surface area contributed by atoms with Crippen LogP contribution >= 0.6 is 0 Å². The number of unbranched alkanes of at least 4 members (excludes halogenated alkanes) is 2. The van der Waals surface area contributed by atoms with Crippen LogP contribution in [0.5, 0.6) is 0 Å². The molecule has 1 N–H and O–H groups in total. The van der Waals surface area contributed by atoms with Crippen LogP contribution in [0.3, 0.4) is 0 Å². The second-order valence-corrected chi connectivity index (χ2v) is 4.05. The first kappa shape index (κ1) is 11.5. The van der Waals surface area contributed by atoms with E-state index >= 15 is 0 Å². The summed E-state index contributed by atoms with van der Waals surface area (Å²) >= 11 is 0. The van der Waals surface area contributed by atoms with E-state index in [1.807, 2.05) is 0 Å². The average Bonchev–Trinajstić information content (AvgIpc) is 2.25. The fraction of sp³-hybridized carbons (Fsp3) is 0.909. The lowest BCUT2D eigenvalue weighted by Crippen LogP contribution is -2.24. The van der Waals surface area contributed by atoms with Gasteiger partial charge in [0.15, 0.2) is 12.3 Å². The van der Waals surface area contributed by atoms with Gasteiger partial charge in [-0.3, -0.25) is 0 Å². The smallest absolute Gasteiger partial charge is 0.162 e. The summed E-state index contributed by atoms with van der Waals surface area (Å²) in [5, 5.41) is 20.1. The Balaban J connectivity index is 2.20. The molecular weight excluding hydrogens is 178 g/mol. The van der Waals surface area contributed by atoms with Gasteiger partial charge in [0, 0.05) is 25.9 Å². The Morgan fingerprint density at radius 3 is 2.57 bits per heavy atom. The van der Waals surface area contributed by atoms with E-state index in [0.717, 1.165) is 36.8 Å². The van der Waals surface area contributed by atoms with E-state index in [2.05, 4.69) is 0 Å². The van der Waals surface area contributed by atoms with Gasteiger partial charge in [-0.2, -0.15) is 0 Å². The summed E-state index contributed by atoms with van der Waals surface area (Å²) in [6, 6.07) is 0.234. The van der Waals surface area contributed by atoms with Crippen LogP contribution in [0.15, 0.2) is 0 Å². The number of rotatable bonds is 5. The number of hydrogen-bond donors (Lipinski definition) is 1. The molecule has 1 rings (SSSR count). The van der Waals surface area contributed by atoms with Gasteiger partial charge in [-0.15, -0.1) is 0 Å². The van der Waals surface area contributed by atoms with Gasteiger partial charge in [0.1, 0.15) is 0 Å². The summed E-state index contributed by atoms with van der Waals surface area (Å²) in [4.78, 5) is 0. The van der Waals surface area contributed by atoms with Crippen LogP contribution in [0, 0.1) is 5.21 Å². The van der Waals surface area contributed by atoms with Crippen molar-refractivity contribution in [2.45, 2.75) is 57.4 Å². The van der Waals surface area contributed by atoms with Gasteiger partial charge in [0.2, 0.25) is 0 Å². The van der Waals surface area contributed by atoms with E-state index in [0.29, 0.717) is 0 Å². The highest BCUT2D eigenvalue weighted by Crippen LogP contribution is 2.19. The third-order valence-electron chi connectivity index (χ3n) is 2.86. The van der Waals surface area contributed by atoms with Crippen molar-refractivity contribution in [2.24, 2.45) is 0 Å². The minimum Gasteiger partial charge on any atom is -0.624 e. The van der Waals surface area contributed by atoms with Crippen molar-refractivity contribution in [1.82, 2.24) is 0 Å². The zero-order valence-electron chi connectivity index (χ0n) is 8.82. The van der Waals surface area contributed by atoms with E-state index in [-0.39, 0.29) is 12.6 Å². The Morgan fingerprint density at radius 2 is 1.93 bits per heavy atom. The van der Waals surface area contributed by atoms with Crippen LogP contribution in [0.2, 0.25) is 0 Å². The maximum atomic E-state index is 11.6. The Labute approximate surface area is 86.0 Å². The summed E-state index contributed by atoms with van der Waals surface area (Å²) in [5.74, 6) is 0. The molecule has 0 atom stereocenters. The molecule has 82 valence electrons. The van der Waals surface area contributed by atoms with Crippen LogP contribution in [0.25, 0.3) is 0 Å². The molecule has 1 saturated carbocycles. The molecular formula is C11H21NO2. The maximum Gasteiger partial charge on any atom is 0.162 e. The van der Waals surface area contributed by atoms with Gasteiger partial charge in [-0.05, 0) is 25.7 Å². The molecule has 1 aliphatic rings. The third kappa shape index (κ3) is 4.09. The summed E-state index contributed by atoms with van der Waals surface area (Å²) in [5.41, 5.74) is 0. The van der Waals surface area contributed by atoms with Crippen LogP contribution < -0.4 is 0 Å². The van der Waals surface area contributed by atoms with Crippen molar-refractivity contribution in [3.63, 3.8) is 0 Å². The molecule has 14 heavy (non-hydrogen) atoms. The highest BCUT2D eigenvalue weighted by Gasteiger charge is 2.18. The molecule has 1 fully saturated rings. The second kappa shape index (κ2) is 6.82. The summed E-state index contributed by atoms with van der Waals surface area (Å²) in [6.45, 7) is 0.232. The Hall–Kier alpha value is -0.570.